The highest BCUT2D eigenvalue weighted by Crippen LogP contribution is 2.26. The van der Waals surface area contributed by atoms with E-state index >= 15 is 0 Å². The fourth-order valence-electron chi connectivity index (χ4n) is 4.09. The third-order valence-electron chi connectivity index (χ3n) is 5.57. The number of anilines is 2. The number of hydrogen-bond acceptors (Lipinski definition) is 7. The van der Waals surface area contributed by atoms with Gasteiger partial charge >= 0.3 is 0 Å². The molecule has 8 nitrogen and oxygen atoms in total. The molecule has 4 heterocycles. The number of ether oxygens (including phenoxy) is 1. The van der Waals surface area contributed by atoms with Gasteiger partial charge in [-0.2, -0.15) is 5.10 Å². The van der Waals surface area contributed by atoms with Crippen molar-refractivity contribution in [3.8, 4) is 0 Å². The molecule has 2 aliphatic heterocycles. The number of hydrogen-bond donors (Lipinski definition) is 1. The van der Waals surface area contributed by atoms with Gasteiger partial charge in [-0.05, 0) is 18.8 Å². The lowest BCUT2D eigenvalue weighted by Gasteiger charge is -2.35. The molecule has 0 spiro atoms. The van der Waals surface area contributed by atoms with Crippen molar-refractivity contribution in [3.05, 3.63) is 40.1 Å². The Kier molecular flexibility index (Phi) is 5.30. The minimum absolute atomic E-state index is 0.0809. The van der Waals surface area contributed by atoms with Gasteiger partial charge in [0.05, 0.1) is 17.8 Å². The normalized spacial score (nSPS) is 22.2. The van der Waals surface area contributed by atoms with Crippen LogP contribution < -0.4 is 15.8 Å². The molecule has 4 rings (SSSR count). The number of rotatable bonds is 4. The van der Waals surface area contributed by atoms with Crippen LogP contribution in [0.15, 0.2) is 23.3 Å². The summed E-state index contributed by atoms with van der Waals surface area (Å²) in [7, 11) is 1.69. The van der Waals surface area contributed by atoms with E-state index in [1.807, 2.05) is 6.07 Å². The maximum Gasteiger partial charge on any atom is 0.266 e. The standard InChI is InChI=1S/C20H28N6O2/c1-13(2)20-16(5-4-8-28-20)23-17-10-18(22-12-21-17)26-7-6-15-14(11-26)9-19(27)25(3)24-15/h9-10,12-13,16,20H,4-8,11H2,1-3H3,(H,21,22,23)/t16-,20+/m1/s1. The van der Waals surface area contributed by atoms with E-state index in [1.165, 1.54) is 4.68 Å². The Morgan fingerprint density at radius 3 is 2.96 bits per heavy atom. The maximum atomic E-state index is 11.9. The summed E-state index contributed by atoms with van der Waals surface area (Å²) in [6, 6.07) is 3.93. The SMILES string of the molecule is CC(C)[C@@H]1OCCC[C@H]1Nc1cc(N2CCc3nn(C)c(=O)cc3C2)ncn1. The van der Waals surface area contributed by atoms with Crippen LogP contribution in [0, 0.1) is 5.92 Å². The van der Waals surface area contributed by atoms with Crippen molar-refractivity contribution < 1.29 is 4.74 Å². The Morgan fingerprint density at radius 2 is 2.14 bits per heavy atom. The van der Waals surface area contributed by atoms with Gasteiger partial charge in [0.15, 0.2) is 0 Å². The van der Waals surface area contributed by atoms with E-state index in [1.54, 1.807) is 19.4 Å². The molecule has 0 aromatic carbocycles. The van der Waals surface area contributed by atoms with Gasteiger partial charge in [-0.1, -0.05) is 13.8 Å². The summed E-state index contributed by atoms with van der Waals surface area (Å²) < 4.78 is 7.38. The molecule has 0 amide bonds. The van der Waals surface area contributed by atoms with Gasteiger partial charge in [0.2, 0.25) is 0 Å². The Morgan fingerprint density at radius 1 is 1.29 bits per heavy atom. The van der Waals surface area contributed by atoms with E-state index < -0.39 is 0 Å². The van der Waals surface area contributed by atoms with E-state index in [0.717, 1.165) is 55.3 Å². The summed E-state index contributed by atoms with van der Waals surface area (Å²) >= 11 is 0. The Labute approximate surface area is 164 Å². The van der Waals surface area contributed by atoms with Gasteiger partial charge in [0, 0.05) is 50.9 Å². The number of nitrogens with one attached hydrogen (secondary N) is 1. The summed E-state index contributed by atoms with van der Waals surface area (Å²) in [5.41, 5.74) is 1.88. The van der Waals surface area contributed by atoms with Crippen molar-refractivity contribution in [3.63, 3.8) is 0 Å². The van der Waals surface area contributed by atoms with Gasteiger partial charge in [0.1, 0.15) is 18.0 Å². The molecule has 1 fully saturated rings. The Hall–Kier alpha value is -2.48. The average Bonchev–Trinajstić information content (AvgIpc) is 2.69. The van der Waals surface area contributed by atoms with E-state index in [4.69, 9.17) is 4.74 Å². The molecule has 2 aromatic heterocycles. The lowest BCUT2D eigenvalue weighted by molar-refractivity contribution is -0.0203. The molecule has 0 saturated carbocycles. The lowest BCUT2D eigenvalue weighted by atomic mass is 9.93. The summed E-state index contributed by atoms with van der Waals surface area (Å²) in [6.07, 6.45) is 4.72. The molecule has 2 aliphatic rings. The molecule has 1 saturated heterocycles. The maximum absolute atomic E-state index is 11.9. The van der Waals surface area contributed by atoms with Crippen LogP contribution in [0.2, 0.25) is 0 Å². The van der Waals surface area contributed by atoms with Crippen LogP contribution in [0.5, 0.6) is 0 Å². The second kappa shape index (κ2) is 7.87. The predicted molar refractivity (Wildman–Crippen MR) is 107 cm³/mol. The molecule has 150 valence electrons. The zero-order chi connectivity index (χ0) is 19.7. The molecule has 8 heteroatoms. The molecule has 28 heavy (non-hydrogen) atoms. The van der Waals surface area contributed by atoms with Crippen molar-refractivity contribution in [1.82, 2.24) is 19.7 Å². The third kappa shape index (κ3) is 3.87. The molecule has 0 bridgehead atoms. The first-order chi connectivity index (χ1) is 13.5. The predicted octanol–water partition coefficient (Wildman–Crippen LogP) is 1.75. The highest BCUT2D eigenvalue weighted by atomic mass is 16.5. The van der Waals surface area contributed by atoms with Crippen LogP contribution in [-0.4, -0.2) is 45.0 Å². The minimum Gasteiger partial charge on any atom is -0.376 e. The van der Waals surface area contributed by atoms with E-state index in [0.29, 0.717) is 12.5 Å². The van der Waals surface area contributed by atoms with Gasteiger partial charge < -0.3 is 15.0 Å². The van der Waals surface area contributed by atoms with Crippen LogP contribution in [0.4, 0.5) is 11.6 Å². The van der Waals surface area contributed by atoms with E-state index in [2.05, 4.69) is 39.1 Å². The topological polar surface area (TPSA) is 85.2 Å². The second-order valence-corrected chi connectivity index (χ2v) is 7.98. The van der Waals surface area contributed by atoms with E-state index in [9.17, 15) is 4.79 Å². The summed E-state index contributed by atoms with van der Waals surface area (Å²) in [6.45, 7) is 6.67. The minimum atomic E-state index is -0.0809. The van der Waals surface area contributed by atoms with Crippen molar-refractivity contribution >= 4 is 11.6 Å². The van der Waals surface area contributed by atoms with Crippen molar-refractivity contribution in [2.45, 2.75) is 51.8 Å². The van der Waals surface area contributed by atoms with Gasteiger partial charge in [-0.15, -0.1) is 0 Å². The average molecular weight is 384 g/mol. The van der Waals surface area contributed by atoms with Crippen molar-refractivity contribution in [2.75, 3.05) is 23.4 Å². The highest BCUT2D eigenvalue weighted by Gasteiger charge is 2.29. The first kappa shape index (κ1) is 18.9. The number of fused-ring (bicyclic) bond motifs is 1. The molecule has 2 aromatic rings. The molecule has 0 unspecified atom stereocenters. The summed E-state index contributed by atoms with van der Waals surface area (Å²) in [5.74, 6) is 2.13. The molecular weight excluding hydrogens is 356 g/mol. The molecule has 0 radical (unpaired) electrons. The lowest BCUT2D eigenvalue weighted by Crippen LogP contribution is -2.43. The van der Waals surface area contributed by atoms with Gasteiger partial charge in [-0.3, -0.25) is 4.79 Å². The number of aromatic nitrogens is 4. The fourth-order valence-corrected chi connectivity index (χ4v) is 4.09. The molecule has 1 N–H and O–H groups in total. The zero-order valence-electron chi connectivity index (χ0n) is 16.8. The van der Waals surface area contributed by atoms with Crippen molar-refractivity contribution in [2.24, 2.45) is 13.0 Å². The van der Waals surface area contributed by atoms with Crippen molar-refractivity contribution in [1.29, 1.82) is 0 Å². The Balaban J connectivity index is 1.51. The van der Waals surface area contributed by atoms with E-state index in [-0.39, 0.29) is 17.7 Å². The zero-order valence-corrected chi connectivity index (χ0v) is 16.8. The monoisotopic (exact) mass is 384 g/mol. The first-order valence-corrected chi connectivity index (χ1v) is 10.0. The van der Waals surface area contributed by atoms with Crippen LogP contribution in [0.25, 0.3) is 0 Å². The number of nitrogens with zero attached hydrogens (tertiary/aromatic N) is 5. The third-order valence-corrected chi connectivity index (χ3v) is 5.57. The smallest absolute Gasteiger partial charge is 0.266 e. The quantitative estimate of drug-likeness (QED) is 0.859. The number of aryl methyl sites for hydroxylation is 1. The molecule has 2 atom stereocenters. The summed E-state index contributed by atoms with van der Waals surface area (Å²) in [4.78, 5) is 23.0. The van der Waals surface area contributed by atoms with Crippen LogP contribution in [-0.2, 0) is 24.8 Å². The van der Waals surface area contributed by atoms with Crippen LogP contribution in [0.3, 0.4) is 0 Å². The fraction of sp³-hybridized carbons (Fsp3) is 0.600. The molecular formula is C20H28N6O2. The van der Waals surface area contributed by atoms with Gasteiger partial charge in [-0.25, -0.2) is 14.6 Å². The highest BCUT2D eigenvalue weighted by molar-refractivity contribution is 5.50. The van der Waals surface area contributed by atoms with Gasteiger partial charge in [0.25, 0.3) is 5.56 Å². The van der Waals surface area contributed by atoms with Crippen LogP contribution >= 0.6 is 0 Å². The molecule has 0 aliphatic carbocycles. The largest absolute Gasteiger partial charge is 0.376 e. The Bertz CT molecular complexity index is 897. The van der Waals surface area contributed by atoms with Crippen LogP contribution in [0.1, 0.15) is 37.9 Å². The second-order valence-electron chi connectivity index (χ2n) is 7.98. The first-order valence-electron chi connectivity index (χ1n) is 10.0. The summed E-state index contributed by atoms with van der Waals surface area (Å²) in [5, 5.41) is 7.94.